The Bertz CT molecular complexity index is 886. The van der Waals surface area contributed by atoms with Crippen molar-refractivity contribution in [3.05, 3.63) is 53.6 Å². The summed E-state index contributed by atoms with van der Waals surface area (Å²) in [4.78, 5) is 12.4. The molecule has 7 heteroatoms. The quantitative estimate of drug-likeness (QED) is 0.785. The number of rotatable bonds is 7. The van der Waals surface area contributed by atoms with Gasteiger partial charge in [-0.15, -0.1) is 0 Å². The molecule has 2 aromatic rings. The van der Waals surface area contributed by atoms with Crippen LogP contribution in [0.15, 0.2) is 42.5 Å². The molecule has 27 heavy (non-hydrogen) atoms. The van der Waals surface area contributed by atoms with Gasteiger partial charge >= 0.3 is 0 Å². The number of sulfonamides is 1. The largest absolute Gasteiger partial charge is 0.491 e. The molecule has 0 aliphatic rings. The smallest absolute Gasteiger partial charge is 0.245 e. The van der Waals surface area contributed by atoms with Gasteiger partial charge in [-0.25, -0.2) is 8.42 Å². The van der Waals surface area contributed by atoms with E-state index in [1.54, 1.807) is 24.3 Å². The zero-order valence-electron chi connectivity index (χ0n) is 16.3. The molecule has 0 bridgehead atoms. The molecular weight excluding hydrogens is 364 g/mol. The van der Waals surface area contributed by atoms with Crippen molar-refractivity contribution >= 4 is 27.3 Å². The van der Waals surface area contributed by atoms with Gasteiger partial charge in [0.05, 0.1) is 18.0 Å². The number of benzene rings is 2. The first-order valence-corrected chi connectivity index (χ1v) is 10.5. The lowest BCUT2D eigenvalue weighted by molar-refractivity contribution is -0.114. The lowest BCUT2D eigenvalue weighted by Gasteiger charge is -2.22. The average molecular weight is 391 g/mol. The number of hydrogen-bond acceptors (Lipinski definition) is 4. The maximum absolute atomic E-state index is 12.4. The zero-order chi connectivity index (χ0) is 20.2. The Hall–Kier alpha value is -2.54. The maximum Gasteiger partial charge on any atom is 0.245 e. The summed E-state index contributed by atoms with van der Waals surface area (Å²) in [7, 11) is -3.63. The van der Waals surface area contributed by atoms with Crippen LogP contribution < -0.4 is 14.4 Å². The summed E-state index contributed by atoms with van der Waals surface area (Å²) in [6, 6.07) is 12.3. The summed E-state index contributed by atoms with van der Waals surface area (Å²) in [5.74, 6) is 0.231. The molecule has 0 saturated heterocycles. The Kier molecular flexibility index (Phi) is 6.49. The number of carbonyl (C=O) groups excluding carboxylic acids is 1. The van der Waals surface area contributed by atoms with E-state index in [2.05, 4.69) is 5.32 Å². The fourth-order valence-electron chi connectivity index (χ4n) is 2.74. The summed E-state index contributed by atoms with van der Waals surface area (Å²) in [5, 5.41) is 2.76. The molecule has 0 saturated carbocycles. The van der Waals surface area contributed by atoms with Crippen LogP contribution in [0.5, 0.6) is 5.75 Å². The van der Waals surface area contributed by atoms with Crippen molar-refractivity contribution in [1.29, 1.82) is 0 Å². The number of nitrogens with one attached hydrogen (secondary N) is 1. The third-order valence-corrected chi connectivity index (χ3v) is 4.83. The minimum Gasteiger partial charge on any atom is -0.491 e. The van der Waals surface area contributed by atoms with E-state index in [-0.39, 0.29) is 12.6 Å². The van der Waals surface area contributed by atoms with E-state index >= 15 is 0 Å². The number of hydrogen-bond donors (Lipinski definition) is 1. The first-order chi connectivity index (χ1) is 12.5. The average Bonchev–Trinajstić information content (AvgIpc) is 2.51. The van der Waals surface area contributed by atoms with Crippen LogP contribution >= 0.6 is 0 Å². The summed E-state index contributed by atoms with van der Waals surface area (Å²) in [5.41, 5.74) is 3.09. The minimum atomic E-state index is -3.63. The van der Waals surface area contributed by atoms with Gasteiger partial charge < -0.3 is 10.1 Å². The van der Waals surface area contributed by atoms with Gasteiger partial charge in [0.25, 0.3) is 0 Å². The summed E-state index contributed by atoms with van der Waals surface area (Å²) < 4.78 is 31.1. The van der Waals surface area contributed by atoms with Crippen LogP contribution in [-0.2, 0) is 14.8 Å². The molecule has 2 aromatic carbocycles. The summed E-state index contributed by atoms with van der Waals surface area (Å²) in [6.07, 6.45) is 1.10. The van der Waals surface area contributed by atoms with Gasteiger partial charge in [0.2, 0.25) is 15.9 Å². The number of aryl methyl sites for hydroxylation is 2. The highest BCUT2D eigenvalue weighted by Crippen LogP contribution is 2.22. The predicted molar refractivity (Wildman–Crippen MR) is 109 cm³/mol. The van der Waals surface area contributed by atoms with Gasteiger partial charge in [-0.2, -0.15) is 0 Å². The Balaban J connectivity index is 2.18. The van der Waals surface area contributed by atoms with Crippen LogP contribution in [-0.4, -0.2) is 33.2 Å². The topological polar surface area (TPSA) is 75.7 Å². The van der Waals surface area contributed by atoms with Gasteiger partial charge in [-0.3, -0.25) is 9.10 Å². The summed E-state index contributed by atoms with van der Waals surface area (Å²) >= 11 is 0. The van der Waals surface area contributed by atoms with E-state index in [1.165, 1.54) is 0 Å². The van der Waals surface area contributed by atoms with Crippen LogP contribution in [0.3, 0.4) is 0 Å². The maximum atomic E-state index is 12.4. The second-order valence-electron chi connectivity index (χ2n) is 6.85. The van der Waals surface area contributed by atoms with Crippen molar-refractivity contribution in [3.8, 4) is 5.75 Å². The van der Waals surface area contributed by atoms with Crippen LogP contribution in [0.4, 0.5) is 11.4 Å². The Morgan fingerprint density at radius 1 is 1.07 bits per heavy atom. The van der Waals surface area contributed by atoms with Gasteiger partial charge in [0.1, 0.15) is 12.3 Å². The van der Waals surface area contributed by atoms with E-state index in [1.807, 2.05) is 45.9 Å². The fraction of sp³-hybridized carbons (Fsp3) is 0.350. The standard InChI is InChI=1S/C20H26N2O4S/c1-14(2)26-19-8-6-18(7-9-19)22(27(5,24)25)13-20(23)21-17-11-15(3)10-16(4)12-17/h6-12,14H,13H2,1-5H3,(H,21,23). The SMILES string of the molecule is Cc1cc(C)cc(NC(=O)CN(c2ccc(OC(C)C)cc2)S(C)(=O)=O)c1. The number of amides is 1. The molecule has 1 N–H and O–H groups in total. The van der Waals surface area contributed by atoms with E-state index in [9.17, 15) is 13.2 Å². The second kappa shape index (κ2) is 8.43. The van der Waals surface area contributed by atoms with E-state index in [0.29, 0.717) is 17.1 Å². The molecule has 0 spiro atoms. The van der Waals surface area contributed by atoms with Gasteiger partial charge in [-0.05, 0) is 75.2 Å². The number of nitrogens with zero attached hydrogens (tertiary/aromatic N) is 1. The molecule has 0 aromatic heterocycles. The predicted octanol–water partition coefficient (Wildman–Crippen LogP) is 3.50. The van der Waals surface area contributed by atoms with Gasteiger partial charge in [-0.1, -0.05) is 6.07 Å². The Morgan fingerprint density at radius 2 is 1.63 bits per heavy atom. The first kappa shape index (κ1) is 20.8. The molecule has 0 unspecified atom stereocenters. The molecule has 0 aliphatic heterocycles. The Morgan fingerprint density at radius 3 is 2.11 bits per heavy atom. The molecule has 1 amide bonds. The van der Waals surface area contributed by atoms with E-state index in [0.717, 1.165) is 21.7 Å². The highest BCUT2D eigenvalue weighted by Gasteiger charge is 2.21. The number of anilines is 2. The lowest BCUT2D eigenvalue weighted by Crippen LogP contribution is -2.37. The second-order valence-corrected chi connectivity index (χ2v) is 8.76. The molecule has 6 nitrogen and oxygen atoms in total. The van der Waals surface area contributed by atoms with Crippen LogP contribution in [0.25, 0.3) is 0 Å². The van der Waals surface area contributed by atoms with Gasteiger partial charge in [0, 0.05) is 5.69 Å². The normalized spacial score (nSPS) is 11.3. The van der Waals surface area contributed by atoms with E-state index in [4.69, 9.17) is 4.74 Å². The third kappa shape index (κ3) is 6.29. The molecule has 2 rings (SSSR count). The molecule has 0 radical (unpaired) electrons. The van der Waals surface area contributed by atoms with Crippen molar-refractivity contribution in [2.24, 2.45) is 0 Å². The molecule has 0 atom stereocenters. The van der Waals surface area contributed by atoms with Crippen LogP contribution in [0.2, 0.25) is 0 Å². The number of ether oxygens (including phenoxy) is 1. The molecule has 0 aliphatic carbocycles. The third-order valence-electron chi connectivity index (χ3n) is 3.69. The van der Waals surface area contributed by atoms with E-state index < -0.39 is 15.9 Å². The molecule has 0 heterocycles. The first-order valence-electron chi connectivity index (χ1n) is 8.67. The number of carbonyl (C=O) groups is 1. The molecular formula is C20H26N2O4S. The fourth-order valence-corrected chi connectivity index (χ4v) is 3.60. The lowest BCUT2D eigenvalue weighted by atomic mass is 10.1. The highest BCUT2D eigenvalue weighted by molar-refractivity contribution is 7.92. The zero-order valence-corrected chi connectivity index (χ0v) is 17.1. The minimum absolute atomic E-state index is 0.0189. The monoisotopic (exact) mass is 390 g/mol. The Labute approximate surface area is 161 Å². The van der Waals surface area contributed by atoms with Crippen molar-refractivity contribution in [2.75, 3.05) is 22.4 Å². The van der Waals surface area contributed by atoms with Crippen molar-refractivity contribution in [2.45, 2.75) is 33.8 Å². The molecule has 146 valence electrons. The highest BCUT2D eigenvalue weighted by atomic mass is 32.2. The molecule has 0 fully saturated rings. The van der Waals surface area contributed by atoms with Crippen molar-refractivity contribution in [3.63, 3.8) is 0 Å². The van der Waals surface area contributed by atoms with Gasteiger partial charge in [0.15, 0.2) is 0 Å². The van der Waals surface area contributed by atoms with Crippen LogP contribution in [0.1, 0.15) is 25.0 Å². The van der Waals surface area contributed by atoms with Crippen LogP contribution in [0, 0.1) is 13.8 Å². The van der Waals surface area contributed by atoms with Crippen molar-refractivity contribution < 1.29 is 17.9 Å². The summed E-state index contributed by atoms with van der Waals surface area (Å²) in [6.45, 7) is 7.39. The van der Waals surface area contributed by atoms with Crippen molar-refractivity contribution in [1.82, 2.24) is 0 Å².